The van der Waals surface area contributed by atoms with Crippen LogP contribution in [0.25, 0.3) is 10.9 Å². The first kappa shape index (κ1) is 12.2. The maximum absolute atomic E-state index is 10.8. The van der Waals surface area contributed by atoms with Crippen LogP contribution >= 0.6 is 0 Å². The smallest absolute Gasteiger partial charge is 0.147 e. The zero-order valence-electron chi connectivity index (χ0n) is 10.9. The summed E-state index contributed by atoms with van der Waals surface area (Å²) in [4.78, 5) is 16.5. The number of benzene rings is 1. The molecular weight excluding hydrogens is 236 g/mol. The van der Waals surface area contributed by atoms with Gasteiger partial charge in [0, 0.05) is 42.3 Å². The fourth-order valence-electron chi connectivity index (χ4n) is 2.73. The second-order valence-electron chi connectivity index (χ2n) is 5.07. The number of hydrogen-bond donors (Lipinski definition) is 1. The molecule has 0 atom stereocenters. The number of nitrogens with one attached hydrogen (secondary N) is 1. The van der Waals surface area contributed by atoms with Gasteiger partial charge in [0.05, 0.1) is 0 Å². The van der Waals surface area contributed by atoms with Gasteiger partial charge in [0.2, 0.25) is 0 Å². The van der Waals surface area contributed by atoms with Gasteiger partial charge in [-0.2, -0.15) is 0 Å². The molecule has 0 bridgehead atoms. The zero-order valence-corrected chi connectivity index (χ0v) is 10.9. The standard InChI is InChI=1S/C16H18N2O/c19-12-13-4-3-8-18(11-13)9-7-14-10-17-16-6-2-1-5-15(14)16/h1-2,4-6,10,12,17H,3,7-9,11H2. The zero-order chi connectivity index (χ0) is 13.1. The van der Waals surface area contributed by atoms with Crippen LogP contribution in [0.15, 0.2) is 42.1 Å². The van der Waals surface area contributed by atoms with Gasteiger partial charge in [0.1, 0.15) is 6.29 Å². The van der Waals surface area contributed by atoms with E-state index in [4.69, 9.17) is 0 Å². The van der Waals surface area contributed by atoms with E-state index >= 15 is 0 Å². The molecule has 0 amide bonds. The topological polar surface area (TPSA) is 36.1 Å². The number of aromatic amines is 1. The largest absolute Gasteiger partial charge is 0.361 e. The van der Waals surface area contributed by atoms with Gasteiger partial charge in [-0.15, -0.1) is 0 Å². The summed E-state index contributed by atoms with van der Waals surface area (Å²) in [5, 5.41) is 1.31. The van der Waals surface area contributed by atoms with Gasteiger partial charge in [0.25, 0.3) is 0 Å². The number of carbonyl (C=O) groups is 1. The number of fused-ring (bicyclic) bond motifs is 1. The van der Waals surface area contributed by atoms with Crippen molar-refractivity contribution >= 4 is 17.2 Å². The number of nitrogens with zero attached hydrogens (tertiary/aromatic N) is 1. The normalized spacial score (nSPS) is 16.5. The van der Waals surface area contributed by atoms with Crippen molar-refractivity contribution < 1.29 is 4.79 Å². The summed E-state index contributed by atoms with van der Waals surface area (Å²) in [5.74, 6) is 0. The molecule has 98 valence electrons. The molecule has 0 unspecified atom stereocenters. The van der Waals surface area contributed by atoms with Crippen LogP contribution in [0.3, 0.4) is 0 Å². The number of rotatable bonds is 4. The SMILES string of the molecule is O=CC1=CCCN(CCc2c[nH]c3ccccc23)C1. The van der Waals surface area contributed by atoms with Crippen LogP contribution in [-0.4, -0.2) is 35.8 Å². The molecule has 1 aliphatic rings. The minimum atomic E-state index is 0.797. The Hall–Kier alpha value is -1.87. The second kappa shape index (κ2) is 5.41. The fourth-order valence-corrected chi connectivity index (χ4v) is 2.73. The lowest BCUT2D eigenvalue weighted by Gasteiger charge is -2.25. The van der Waals surface area contributed by atoms with E-state index in [-0.39, 0.29) is 0 Å². The highest BCUT2D eigenvalue weighted by molar-refractivity contribution is 5.83. The number of carbonyl (C=O) groups excluding carboxylic acids is 1. The maximum atomic E-state index is 10.8. The third-order valence-electron chi connectivity index (χ3n) is 3.78. The Balaban J connectivity index is 1.66. The minimum absolute atomic E-state index is 0.797. The molecule has 0 aliphatic carbocycles. The Kier molecular flexibility index (Phi) is 3.47. The van der Waals surface area contributed by atoms with Gasteiger partial charge in [-0.1, -0.05) is 24.3 Å². The maximum Gasteiger partial charge on any atom is 0.147 e. The number of aldehydes is 1. The Labute approximate surface area is 112 Å². The summed E-state index contributed by atoms with van der Waals surface area (Å²) >= 11 is 0. The number of para-hydroxylation sites is 1. The van der Waals surface area contributed by atoms with E-state index in [1.165, 1.54) is 16.5 Å². The highest BCUT2D eigenvalue weighted by Gasteiger charge is 2.12. The average Bonchev–Trinajstić information content (AvgIpc) is 2.89. The molecule has 0 saturated carbocycles. The van der Waals surface area contributed by atoms with Gasteiger partial charge < -0.3 is 4.98 Å². The summed E-state index contributed by atoms with van der Waals surface area (Å²) in [5.41, 5.74) is 3.48. The molecule has 2 aromatic rings. The van der Waals surface area contributed by atoms with Crippen LogP contribution in [0.5, 0.6) is 0 Å². The molecular formula is C16H18N2O. The summed E-state index contributed by atoms with van der Waals surface area (Å²) in [6.07, 6.45) is 7.15. The molecule has 3 rings (SSSR count). The quantitative estimate of drug-likeness (QED) is 0.851. The lowest BCUT2D eigenvalue weighted by molar-refractivity contribution is -0.105. The van der Waals surface area contributed by atoms with E-state index in [0.717, 1.165) is 44.3 Å². The van der Waals surface area contributed by atoms with E-state index in [1.54, 1.807) is 0 Å². The van der Waals surface area contributed by atoms with Crippen molar-refractivity contribution in [2.75, 3.05) is 19.6 Å². The van der Waals surface area contributed by atoms with E-state index < -0.39 is 0 Å². The molecule has 0 fully saturated rings. The van der Waals surface area contributed by atoms with Crippen LogP contribution in [-0.2, 0) is 11.2 Å². The molecule has 0 saturated heterocycles. The monoisotopic (exact) mass is 254 g/mol. The minimum Gasteiger partial charge on any atom is -0.361 e. The summed E-state index contributed by atoms with van der Waals surface area (Å²) in [7, 11) is 0. The highest BCUT2D eigenvalue weighted by Crippen LogP contribution is 2.19. The Morgan fingerprint density at radius 3 is 3.11 bits per heavy atom. The lowest BCUT2D eigenvalue weighted by Crippen LogP contribution is -2.32. The van der Waals surface area contributed by atoms with E-state index in [9.17, 15) is 4.79 Å². The molecule has 0 radical (unpaired) electrons. The van der Waals surface area contributed by atoms with Gasteiger partial charge in [-0.3, -0.25) is 9.69 Å². The van der Waals surface area contributed by atoms with Gasteiger partial charge in [0.15, 0.2) is 0 Å². The number of aromatic nitrogens is 1. The molecule has 3 heteroatoms. The number of hydrogen-bond acceptors (Lipinski definition) is 2. The first-order valence-corrected chi connectivity index (χ1v) is 6.78. The summed E-state index contributed by atoms with van der Waals surface area (Å²) in [6.45, 7) is 2.86. The lowest BCUT2D eigenvalue weighted by atomic mass is 10.1. The van der Waals surface area contributed by atoms with Crippen molar-refractivity contribution in [1.29, 1.82) is 0 Å². The van der Waals surface area contributed by atoms with Crippen molar-refractivity contribution in [2.45, 2.75) is 12.8 Å². The van der Waals surface area contributed by atoms with E-state index in [1.807, 2.05) is 0 Å². The Bertz CT molecular complexity index is 612. The molecule has 1 aromatic carbocycles. The first-order chi connectivity index (χ1) is 9.36. The first-order valence-electron chi connectivity index (χ1n) is 6.78. The predicted molar refractivity (Wildman–Crippen MR) is 77.2 cm³/mol. The van der Waals surface area contributed by atoms with Crippen LogP contribution in [0.2, 0.25) is 0 Å². The van der Waals surface area contributed by atoms with Gasteiger partial charge in [-0.05, 0) is 24.5 Å². The van der Waals surface area contributed by atoms with E-state index in [2.05, 4.69) is 46.4 Å². The second-order valence-corrected chi connectivity index (χ2v) is 5.07. The molecule has 2 heterocycles. The van der Waals surface area contributed by atoms with Crippen LogP contribution in [0.1, 0.15) is 12.0 Å². The van der Waals surface area contributed by atoms with Crippen molar-refractivity contribution in [3.05, 3.63) is 47.7 Å². The molecule has 1 aliphatic heterocycles. The molecule has 3 nitrogen and oxygen atoms in total. The predicted octanol–water partition coefficient (Wildman–Crippen LogP) is 2.54. The van der Waals surface area contributed by atoms with Crippen molar-refractivity contribution in [3.8, 4) is 0 Å². The molecule has 19 heavy (non-hydrogen) atoms. The van der Waals surface area contributed by atoms with Crippen LogP contribution in [0, 0.1) is 0 Å². The summed E-state index contributed by atoms with van der Waals surface area (Å²) < 4.78 is 0. The third-order valence-corrected chi connectivity index (χ3v) is 3.78. The third kappa shape index (κ3) is 2.61. The van der Waals surface area contributed by atoms with Crippen molar-refractivity contribution in [3.63, 3.8) is 0 Å². The van der Waals surface area contributed by atoms with E-state index in [0.29, 0.717) is 0 Å². The highest BCUT2D eigenvalue weighted by atomic mass is 16.1. The van der Waals surface area contributed by atoms with Crippen molar-refractivity contribution in [1.82, 2.24) is 9.88 Å². The number of H-pyrrole nitrogens is 1. The molecule has 1 N–H and O–H groups in total. The fraction of sp³-hybridized carbons (Fsp3) is 0.312. The Morgan fingerprint density at radius 1 is 1.32 bits per heavy atom. The molecule has 0 spiro atoms. The van der Waals surface area contributed by atoms with Gasteiger partial charge in [-0.25, -0.2) is 0 Å². The average molecular weight is 254 g/mol. The van der Waals surface area contributed by atoms with Crippen LogP contribution in [0.4, 0.5) is 0 Å². The van der Waals surface area contributed by atoms with Gasteiger partial charge >= 0.3 is 0 Å². The van der Waals surface area contributed by atoms with Crippen LogP contribution < -0.4 is 0 Å². The van der Waals surface area contributed by atoms with Crippen molar-refractivity contribution in [2.24, 2.45) is 0 Å². The molecule has 1 aromatic heterocycles. The Morgan fingerprint density at radius 2 is 2.21 bits per heavy atom. The summed E-state index contributed by atoms with van der Waals surface area (Å²) in [6, 6.07) is 8.39.